The van der Waals surface area contributed by atoms with Gasteiger partial charge in [0.2, 0.25) is 5.91 Å². The maximum atomic E-state index is 12.7. The fourth-order valence-corrected chi connectivity index (χ4v) is 3.14. The molecule has 1 aliphatic heterocycles. The van der Waals surface area contributed by atoms with Crippen molar-refractivity contribution in [3.63, 3.8) is 0 Å². The number of nitrogens with one attached hydrogen (secondary N) is 1. The predicted octanol–water partition coefficient (Wildman–Crippen LogP) is 1.68. The van der Waals surface area contributed by atoms with Gasteiger partial charge in [-0.05, 0) is 17.5 Å². The summed E-state index contributed by atoms with van der Waals surface area (Å²) >= 11 is 0. The first-order valence-electron chi connectivity index (χ1n) is 8.20. The van der Waals surface area contributed by atoms with Gasteiger partial charge in [0.1, 0.15) is 6.04 Å². The molecule has 126 valence electrons. The maximum absolute atomic E-state index is 12.7. The lowest BCUT2D eigenvalue weighted by atomic mass is 10.0. The molecule has 0 aliphatic carbocycles. The van der Waals surface area contributed by atoms with E-state index in [0.717, 1.165) is 5.56 Å². The molecule has 2 amide bonds. The van der Waals surface area contributed by atoms with Crippen LogP contribution in [0, 0.1) is 5.92 Å². The summed E-state index contributed by atoms with van der Waals surface area (Å²) in [6, 6.07) is 7.09. The van der Waals surface area contributed by atoms with E-state index in [1.54, 1.807) is 17.4 Å². The summed E-state index contributed by atoms with van der Waals surface area (Å²) in [5.41, 5.74) is 1.69. The molecule has 0 radical (unpaired) electrons. The summed E-state index contributed by atoms with van der Waals surface area (Å²) in [5.74, 6) is -0.128. The van der Waals surface area contributed by atoms with E-state index in [9.17, 15) is 9.59 Å². The van der Waals surface area contributed by atoms with Crippen LogP contribution in [0.5, 0.6) is 0 Å². The van der Waals surface area contributed by atoms with Crippen LogP contribution in [0.1, 0.15) is 29.8 Å². The van der Waals surface area contributed by atoms with Crippen LogP contribution in [0.25, 0.3) is 0 Å². The van der Waals surface area contributed by atoms with E-state index in [1.165, 1.54) is 0 Å². The lowest BCUT2D eigenvalue weighted by Gasteiger charge is -2.30. The summed E-state index contributed by atoms with van der Waals surface area (Å²) in [5, 5.41) is 2.95. The first-order chi connectivity index (χ1) is 11.6. The van der Waals surface area contributed by atoms with Crippen molar-refractivity contribution in [1.29, 1.82) is 0 Å². The van der Waals surface area contributed by atoms with Gasteiger partial charge in [0.05, 0.1) is 6.33 Å². The molecule has 0 fully saturated rings. The second-order valence-electron chi connectivity index (χ2n) is 6.37. The molecular formula is C18H22N4O2. The van der Waals surface area contributed by atoms with Gasteiger partial charge < -0.3 is 14.8 Å². The highest BCUT2D eigenvalue weighted by Gasteiger charge is 2.37. The highest BCUT2D eigenvalue weighted by molar-refractivity contribution is 6.01. The van der Waals surface area contributed by atoms with E-state index in [0.29, 0.717) is 25.2 Å². The Labute approximate surface area is 141 Å². The Morgan fingerprint density at radius 1 is 1.33 bits per heavy atom. The van der Waals surface area contributed by atoms with E-state index < -0.39 is 6.04 Å². The van der Waals surface area contributed by atoms with Crippen molar-refractivity contribution < 1.29 is 9.59 Å². The summed E-state index contributed by atoms with van der Waals surface area (Å²) < 4.78 is 1.90. The number of hydrogen-bond donors (Lipinski definition) is 1. The fraction of sp³-hybridized carbons (Fsp3) is 0.389. The fourth-order valence-electron chi connectivity index (χ4n) is 3.14. The monoisotopic (exact) mass is 326 g/mol. The van der Waals surface area contributed by atoms with Gasteiger partial charge in [0, 0.05) is 37.6 Å². The van der Waals surface area contributed by atoms with Gasteiger partial charge in [0.25, 0.3) is 5.91 Å². The Hall–Kier alpha value is -2.63. The number of rotatable bonds is 6. The number of nitrogens with zero attached hydrogens (tertiary/aromatic N) is 3. The minimum atomic E-state index is -0.465. The van der Waals surface area contributed by atoms with Gasteiger partial charge in [-0.2, -0.15) is 0 Å². The van der Waals surface area contributed by atoms with E-state index in [2.05, 4.69) is 10.3 Å². The topological polar surface area (TPSA) is 67.2 Å². The van der Waals surface area contributed by atoms with Crippen LogP contribution in [0.4, 0.5) is 0 Å². The van der Waals surface area contributed by atoms with Crippen LogP contribution in [0.15, 0.2) is 43.0 Å². The predicted molar refractivity (Wildman–Crippen MR) is 90.2 cm³/mol. The second-order valence-corrected chi connectivity index (χ2v) is 6.37. The molecule has 0 saturated carbocycles. The van der Waals surface area contributed by atoms with Gasteiger partial charge in [-0.3, -0.25) is 9.59 Å². The van der Waals surface area contributed by atoms with Gasteiger partial charge in [-0.1, -0.05) is 32.0 Å². The molecule has 3 rings (SSSR count). The third-order valence-corrected chi connectivity index (χ3v) is 4.31. The highest BCUT2D eigenvalue weighted by Crippen LogP contribution is 2.26. The van der Waals surface area contributed by atoms with Crippen molar-refractivity contribution in [3.8, 4) is 0 Å². The van der Waals surface area contributed by atoms with Crippen molar-refractivity contribution in [2.24, 2.45) is 5.92 Å². The van der Waals surface area contributed by atoms with E-state index >= 15 is 0 Å². The average molecular weight is 326 g/mol. The lowest BCUT2D eigenvalue weighted by Crippen LogP contribution is -2.50. The Morgan fingerprint density at radius 3 is 2.79 bits per heavy atom. The molecule has 24 heavy (non-hydrogen) atoms. The molecular weight excluding hydrogens is 304 g/mol. The van der Waals surface area contributed by atoms with Gasteiger partial charge in [-0.25, -0.2) is 4.98 Å². The zero-order valence-electron chi connectivity index (χ0n) is 14.0. The number of hydrogen-bond acceptors (Lipinski definition) is 3. The molecule has 0 bridgehead atoms. The minimum Gasteiger partial charge on any atom is -0.353 e. The third kappa shape index (κ3) is 3.18. The van der Waals surface area contributed by atoms with Crippen molar-refractivity contribution in [3.05, 3.63) is 54.1 Å². The number of fused-ring (bicyclic) bond motifs is 1. The Balaban J connectivity index is 1.66. The van der Waals surface area contributed by atoms with Crippen molar-refractivity contribution >= 4 is 11.8 Å². The molecule has 1 aromatic carbocycles. The molecule has 1 aliphatic rings. The normalized spacial score (nSPS) is 14.8. The number of carbonyl (C=O) groups excluding carboxylic acids is 2. The van der Waals surface area contributed by atoms with E-state index in [1.807, 2.05) is 48.9 Å². The zero-order chi connectivity index (χ0) is 17.1. The minimum absolute atomic E-state index is 0.0384. The molecule has 6 heteroatoms. The Morgan fingerprint density at radius 2 is 2.12 bits per heavy atom. The number of aromatic nitrogens is 2. The summed E-state index contributed by atoms with van der Waals surface area (Å²) in [6.07, 6.45) is 5.28. The maximum Gasteiger partial charge on any atom is 0.255 e. The number of amides is 2. The first-order valence-corrected chi connectivity index (χ1v) is 8.20. The summed E-state index contributed by atoms with van der Waals surface area (Å²) in [6.45, 7) is 5.59. The number of carbonyl (C=O) groups is 2. The van der Waals surface area contributed by atoms with Crippen LogP contribution < -0.4 is 5.32 Å². The van der Waals surface area contributed by atoms with Crippen LogP contribution in [0.3, 0.4) is 0 Å². The smallest absolute Gasteiger partial charge is 0.255 e. The van der Waals surface area contributed by atoms with Crippen LogP contribution >= 0.6 is 0 Å². The van der Waals surface area contributed by atoms with Crippen molar-refractivity contribution in [2.75, 3.05) is 6.54 Å². The van der Waals surface area contributed by atoms with Crippen molar-refractivity contribution in [2.45, 2.75) is 33.0 Å². The molecule has 0 saturated heterocycles. The largest absolute Gasteiger partial charge is 0.353 e. The number of benzene rings is 1. The highest BCUT2D eigenvalue weighted by atomic mass is 16.2. The third-order valence-electron chi connectivity index (χ3n) is 4.31. The molecule has 6 nitrogen and oxygen atoms in total. The quantitative estimate of drug-likeness (QED) is 0.878. The Kier molecular flexibility index (Phi) is 4.64. The summed E-state index contributed by atoms with van der Waals surface area (Å²) in [7, 11) is 0. The molecule has 2 aromatic rings. The first kappa shape index (κ1) is 16.2. The SMILES string of the molecule is CC(C)[C@H](C(=O)NCCn1ccnc1)N1Cc2ccccc2C1=O. The van der Waals surface area contributed by atoms with E-state index in [4.69, 9.17) is 0 Å². The molecule has 0 unspecified atom stereocenters. The average Bonchev–Trinajstić information content (AvgIpc) is 3.17. The summed E-state index contributed by atoms with van der Waals surface area (Å²) in [4.78, 5) is 31.0. The van der Waals surface area contributed by atoms with Gasteiger partial charge >= 0.3 is 0 Å². The van der Waals surface area contributed by atoms with Crippen molar-refractivity contribution in [1.82, 2.24) is 19.8 Å². The lowest BCUT2D eigenvalue weighted by molar-refractivity contribution is -0.127. The van der Waals surface area contributed by atoms with Gasteiger partial charge in [-0.15, -0.1) is 0 Å². The molecule has 1 N–H and O–H groups in total. The van der Waals surface area contributed by atoms with Crippen LogP contribution in [-0.2, 0) is 17.9 Å². The van der Waals surface area contributed by atoms with Gasteiger partial charge in [0.15, 0.2) is 0 Å². The van der Waals surface area contributed by atoms with Crippen LogP contribution in [-0.4, -0.2) is 38.9 Å². The molecule has 1 aromatic heterocycles. The zero-order valence-corrected chi connectivity index (χ0v) is 14.0. The standard InChI is InChI=1S/C18H22N4O2/c1-13(2)16(17(23)20-8-10-21-9-7-19-12-21)22-11-14-5-3-4-6-15(14)18(22)24/h3-7,9,12-13,16H,8,10-11H2,1-2H3,(H,20,23)/t16-/m1/s1. The molecule has 0 spiro atoms. The van der Waals surface area contributed by atoms with E-state index in [-0.39, 0.29) is 17.7 Å². The van der Waals surface area contributed by atoms with Crippen LogP contribution in [0.2, 0.25) is 0 Å². The molecule has 2 heterocycles. The second kappa shape index (κ2) is 6.86. The molecule has 1 atom stereocenters. The Bertz CT molecular complexity index is 724. The number of imidazole rings is 1.